The van der Waals surface area contributed by atoms with Crippen LogP contribution in [0.5, 0.6) is 0 Å². The first-order valence-electron chi connectivity index (χ1n) is 9.29. The van der Waals surface area contributed by atoms with Crippen LogP contribution in [-0.2, 0) is 24.5 Å². The fraction of sp³-hybridized carbons (Fsp3) is 0.700. The minimum Gasteiger partial charge on any atom is -0.365 e. The molecule has 4 nitrogen and oxygen atoms in total. The zero-order chi connectivity index (χ0) is 18.0. The molecule has 0 saturated carbocycles. The third-order valence-corrected chi connectivity index (χ3v) is 6.57. The third-order valence-electron chi connectivity index (χ3n) is 5.66. The first-order chi connectivity index (χ1) is 11.9. The van der Waals surface area contributed by atoms with Gasteiger partial charge in [0.2, 0.25) is 0 Å². The summed E-state index contributed by atoms with van der Waals surface area (Å²) in [5.74, 6) is 0. The predicted octanol–water partition coefficient (Wildman–Crippen LogP) is 4.70. The molecule has 140 valence electrons. The Morgan fingerprint density at radius 3 is 2.76 bits per heavy atom. The molecule has 0 radical (unpaired) electrons. The molecule has 0 aromatic heterocycles. The maximum atomic E-state index is 11.8. The van der Waals surface area contributed by atoms with Crippen LogP contribution in [0, 0.1) is 0 Å². The average Bonchev–Trinajstić information content (AvgIpc) is 3.02. The Hall–Kier alpha value is -0.750. The molecule has 1 fully saturated rings. The van der Waals surface area contributed by atoms with Gasteiger partial charge in [0.05, 0.1) is 12.7 Å². The lowest BCUT2D eigenvalue weighted by molar-refractivity contribution is 0.0431. The topological polar surface area (TPSA) is 44.8 Å². The molecule has 3 aliphatic rings. The fourth-order valence-corrected chi connectivity index (χ4v) is 4.91. The average molecular weight is 367 g/mol. The molecule has 4 atom stereocenters. The summed E-state index contributed by atoms with van der Waals surface area (Å²) in [6.45, 7) is 9.29. The van der Waals surface area contributed by atoms with Crippen LogP contribution in [0.4, 0.5) is 0 Å². The van der Waals surface area contributed by atoms with Crippen LogP contribution >= 0.6 is 0 Å². The second-order valence-corrected chi connectivity index (χ2v) is 8.63. The molecule has 1 saturated heterocycles. The van der Waals surface area contributed by atoms with Crippen LogP contribution in [0.3, 0.4) is 0 Å². The van der Waals surface area contributed by atoms with Crippen LogP contribution in [0.25, 0.3) is 0 Å². The molecule has 0 bridgehead atoms. The van der Waals surface area contributed by atoms with E-state index in [-0.39, 0.29) is 12.2 Å². The van der Waals surface area contributed by atoms with Crippen molar-refractivity contribution in [2.45, 2.75) is 84.0 Å². The van der Waals surface area contributed by atoms with Crippen molar-refractivity contribution >= 4 is 11.4 Å². The lowest BCUT2D eigenvalue weighted by Crippen LogP contribution is -2.36. The van der Waals surface area contributed by atoms with E-state index in [0.29, 0.717) is 0 Å². The molecule has 2 heterocycles. The van der Waals surface area contributed by atoms with Crippen molar-refractivity contribution in [2.24, 2.45) is 0 Å². The number of hydrogen-bond donors (Lipinski definition) is 0. The highest BCUT2D eigenvalue weighted by atomic mass is 32.2. The van der Waals surface area contributed by atoms with Gasteiger partial charge < -0.3 is 4.74 Å². The van der Waals surface area contributed by atoms with Gasteiger partial charge in [-0.25, -0.2) is 0 Å². The lowest BCUT2D eigenvalue weighted by Gasteiger charge is -2.26. The van der Waals surface area contributed by atoms with Gasteiger partial charge in [0.1, 0.15) is 11.7 Å². The van der Waals surface area contributed by atoms with Gasteiger partial charge in [-0.1, -0.05) is 23.3 Å². The predicted molar refractivity (Wildman–Crippen MR) is 100 cm³/mol. The van der Waals surface area contributed by atoms with E-state index >= 15 is 0 Å². The van der Waals surface area contributed by atoms with Gasteiger partial charge >= 0.3 is 11.4 Å². The zero-order valence-corrected chi connectivity index (χ0v) is 16.6. The summed E-state index contributed by atoms with van der Waals surface area (Å²) >= 11 is -1.63. The van der Waals surface area contributed by atoms with Crippen molar-refractivity contribution in [3.8, 4) is 0 Å². The van der Waals surface area contributed by atoms with Crippen molar-refractivity contribution in [1.82, 2.24) is 0 Å². The Morgan fingerprint density at radius 1 is 1.16 bits per heavy atom. The van der Waals surface area contributed by atoms with E-state index in [2.05, 4.69) is 32.9 Å². The zero-order valence-electron chi connectivity index (χ0n) is 15.8. The van der Waals surface area contributed by atoms with Gasteiger partial charge in [-0.05, 0) is 77.4 Å². The summed E-state index contributed by atoms with van der Waals surface area (Å²) in [5, 5.41) is 0. The second kappa shape index (κ2) is 7.87. The molecule has 0 N–H and O–H groups in total. The molecule has 0 spiro atoms. The third kappa shape index (κ3) is 4.51. The molecule has 2 aliphatic heterocycles. The quantitative estimate of drug-likeness (QED) is 0.583. The van der Waals surface area contributed by atoms with E-state index in [4.69, 9.17) is 13.1 Å². The van der Waals surface area contributed by atoms with Crippen molar-refractivity contribution in [1.29, 1.82) is 0 Å². The summed E-state index contributed by atoms with van der Waals surface area (Å²) in [5.41, 5.74) is 5.03. The van der Waals surface area contributed by atoms with E-state index in [1.165, 1.54) is 22.3 Å². The fourth-order valence-electron chi connectivity index (χ4n) is 3.88. The highest BCUT2D eigenvalue weighted by Crippen LogP contribution is 2.37. The lowest BCUT2D eigenvalue weighted by atomic mass is 9.88. The summed E-state index contributed by atoms with van der Waals surface area (Å²) in [7, 11) is 0. The molecule has 3 rings (SSSR count). The molecule has 0 amide bonds. The van der Waals surface area contributed by atoms with E-state index < -0.39 is 17.0 Å². The second-order valence-electron chi connectivity index (χ2n) is 7.86. The first-order valence-corrected chi connectivity index (χ1v) is 10.3. The molecule has 0 aromatic rings. The van der Waals surface area contributed by atoms with Gasteiger partial charge in [0.15, 0.2) is 0 Å². The summed E-state index contributed by atoms with van der Waals surface area (Å²) < 4.78 is 29.0. The van der Waals surface area contributed by atoms with Crippen LogP contribution in [0.15, 0.2) is 34.4 Å². The molecular weight excluding hydrogens is 336 g/mol. The monoisotopic (exact) mass is 366 g/mol. The van der Waals surface area contributed by atoms with Crippen LogP contribution in [-0.4, -0.2) is 28.6 Å². The molecule has 1 aliphatic carbocycles. The summed E-state index contributed by atoms with van der Waals surface area (Å²) in [6.07, 6.45) is 10.1. The van der Waals surface area contributed by atoms with Crippen molar-refractivity contribution < 1.29 is 17.3 Å². The van der Waals surface area contributed by atoms with E-state index in [0.717, 1.165) is 45.1 Å². The van der Waals surface area contributed by atoms with Crippen LogP contribution < -0.4 is 0 Å². The largest absolute Gasteiger partial charge is 0.365 e. The van der Waals surface area contributed by atoms with Gasteiger partial charge in [-0.3, -0.25) is 8.37 Å². The van der Waals surface area contributed by atoms with Gasteiger partial charge in [-0.2, -0.15) is 4.21 Å². The van der Waals surface area contributed by atoms with Crippen LogP contribution in [0.1, 0.15) is 66.2 Å². The Bertz CT molecular complexity index is 634. The standard InChI is InChI=1S/C20H30O4S/c1-14-6-5-11-20(4)19(23-25(21)24-20)10-8-15(2)12-18-17(9-7-14)16(3)13-22-18/h6,12,18-19H,5,7-11,13H2,1-4H3/b14-6+,15-12+/t18-,19-,20+,25?/m0/s1. The van der Waals surface area contributed by atoms with Crippen LogP contribution in [0.2, 0.25) is 0 Å². The van der Waals surface area contributed by atoms with Gasteiger partial charge in [-0.15, -0.1) is 0 Å². The number of allylic oxidation sites excluding steroid dienone is 3. The molecular formula is C20H30O4S. The molecule has 5 heteroatoms. The normalized spacial score (nSPS) is 42.0. The number of rotatable bonds is 0. The number of hydrogen-bond acceptors (Lipinski definition) is 4. The number of ether oxygens (including phenoxy) is 1. The molecule has 1 unspecified atom stereocenters. The first kappa shape index (κ1) is 19.0. The highest BCUT2D eigenvalue weighted by molar-refractivity contribution is 7.75. The Morgan fingerprint density at radius 2 is 1.96 bits per heavy atom. The van der Waals surface area contributed by atoms with E-state index in [9.17, 15) is 4.21 Å². The highest BCUT2D eigenvalue weighted by Gasteiger charge is 2.45. The van der Waals surface area contributed by atoms with Crippen molar-refractivity contribution in [3.05, 3.63) is 34.4 Å². The SMILES string of the molecule is CC1=C2CC/C(C)=C/CC[C@@]3(C)OS(=O)O[C@H]3CC/C(C)=C/[C@@H]2OC1. The van der Waals surface area contributed by atoms with E-state index in [1.807, 2.05) is 6.92 Å². The summed E-state index contributed by atoms with van der Waals surface area (Å²) in [6, 6.07) is 0. The van der Waals surface area contributed by atoms with Gasteiger partial charge in [0.25, 0.3) is 0 Å². The maximum Gasteiger partial charge on any atom is 0.305 e. The Balaban J connectivity index is 1.82. The van der Waals surface area contributed by atoms with Crippen molar-refractivity contribution in [2.75, 3.05) is 6.61 Å². The Kier molecular flexibility index (Phi) is 5.99. The smallest absolute Gasteiger partial charge is 0.305 e. The molecule has 25 heavy (non-hydrogen) atoms. The maximum absolute atomic E-state index is 11.8. The minimum atomic E-state index is -1.63. The Labute approximate surface area is 154 Å². The van der Waals surface area contributed by atoms with Gasteiger partial charge in [0, 0.05) is 0 Å². The minimum absolute atomic E-state index is 0.108. The molecule has 0 aromatic carbocycles. The van der Waals surface area contributed by atoms with E-state index in [1.54, 1.807) is 0 Å². The number of fused-ring (bicyclic) bond motifs is 2. The summed E-state index contributed by atoms with van der Waals surface area (Å²) in [4.78, 5) is 0. The van der Waals surface area contributed by atoms with Crippen molar-refractivity contribution in [3.63, 3.8) is 0 Å².